The Hall–Kier alpha value is -1.62. The third-order valence-corrected chi connectivity index (χ3v) is 3.12. The van der Waals surface area contributed by atoms with Crippen molar-refractivity contribution in [3.05, 3.63) is 45.7 Å². The molecule has 1 rings (SSSR count). The van der Waals surface area contributed by atoms with E-state index in [1.54, 1.807) is 0 Å². The van der Waals surface area contributed by atoms with Gasteiger partial charge in [0.2, 0.25) is 0 Å². The van der Waals surface area contributed by atoms with Crippen LogP contribution in [0.15, 0.2) is 30.3 Å². The molecule has 0 spiro atoms. The van der Waals surface area contributed by atoms with Gasteiger partial charge in [-0.1, -0.05) is 18.2 Å². The maximum atomic E-state index is 8.25. The van der Waals surface area contributed by atoms with Gasteiger partial charge in [0.25, 0.3) is 0 Å². The Kier molecular flexibility index (Phi) is 6.89. The molecule has 0 fully saturated rings. The van der Waals surface area contributed by atoms with E-state index in [1.807, 2.05) is 0 Å². The topological polar surface area (TPSA) is 66.2 Å². The van der Waals surface area contributed by atoms with E-state index in [-0.39, 0.29) is 0 Å². The summed E-state index contributed by atoms with van der Waals surface area (Å²) in [7, 11) is 0. The summed E-state index contributed by atoms with van der Waals surface area (Å²) in [5, 5.41) is 14.8. The zero-order chi connectivity index (χ0) is 13.3. The molecule has 0 heterocycles. The van der Waals surface area contributed by atoms with Crippen LogP contribution in [0.25, 0.3) is 0 Å². The molecule has 0 atom stereocenters. The molecule has 0 bridgehead atoms. The lowest BCUT2D eigenvalue weighted by Gasteiger charge is -2.35. The number of nitrogens with zero attached hydrogens (tertiary/aromatic N) is 2. The predicted molar refractivity (Wildman–Crippen MR) is 70.2 cm³/mol. The highest BCUT2D eigenvalue weighted by atomic mass is 16.9. The van der Waals surface area contributed by atoms with Gasteiger partial charge in [-0.2, -0.15) is 0 Å². The van der Waals surface area contributed by atoms with Gasteiger partial charge in [-0.15, -0.1) is 0 Å². The Labute approximate surface area is 102 Å². The van der Waals surface area contributed by atoms with Crippen molar-refractivity contribution in [3.63, 3.8) is 0 Å². The normalized spacial score (nSPS) is 10.3. The van der Waals surface area contributed by atoms with E-state index >= 15 is 0 Å². The van der Waals surface area contributed by atoms with Gasteiger partial charge in [0, 0.05) is 0 Å². The Morgan fingerprint density at radius 3 is 1.65 bits per heavy atom. The smallest absolute Gasteiger partial charge is 0.132 e. The van der Waals surface area contributed by atoms with Crippen LogP contribution >= 0.6 is 0 Å². The summed E-state index contributed by atoms with van der Waals surface area (Å²) in [4.78, 5) is 8.25. The van der Waals surface area contributed by atoms with Crippen molar-refractivity contribution >= 4 is 5.69 Å². The molecule has 0 aliphatic heterocycles. The van der Waals surface area contributed by atoms with Gasteiger partial charge < -0.3 is 15.3 Å². The fourth-order valence-electron chi connectivity index (χ4n) is 1.96. The summed E-state index contributed by atoms with van der Waals surface area (Å²) in [6.07, 6.45) is 0. The molecule has 0 saturated heterocycles. The second kappa shape index (κ2) is 7.62. The van der Waals surface area contributed by atoms with Gasteiger partial charge >= 0.3 is 0 Å². The summed E-state index contributed by atoms with van der Waals surface area (Å²) >= 11 is 0. The highest BCUT2D eigenvalue weighted by molar-refractivity contribution is 5.42. The maximum Gasteiger partial charge on any atom is 0.132 e. The monoisotopic (exact) mass is 240 g/mol. The van der Waals surface area contributed by atoms with Gasteiger partial charge in [0.1, 0.15) is 5.69 Å². The average molecular weight is 240 g/mol. The molecule has 0 unspecified atom stereocenters. The molecule has 5 heteroatoms. The first-order valence-corrected chi connectivity index (χ1v) is 5.75. The first-order valence-electron chi connectivity index (χ1n) is 5.75. The highest BCUT2D eigenvalue weighted by Gasteiger charge is 2.23. The summed E-state index contributed by atoms with van der Waals surface area (Å²) in [5.41, 5.74) is 1.44. The van der Waals surface area contributed by atoms with Crippen molar-refractivity contribution in [2.75, 3.05) is 19.6 Å². The minimum absolute atomic E-state index is 1.10. The predicted octanol–water partition coefficient (Wildman–Crippen LogP) is 2.81. The molecule has 0 aliphatic carbocycles. The third-order valence-electron chi connectivity index (χ3n) is 3.12. The zero-order valence-electron chi connectivity index (χ0n) is 10.6. The number of rotatable bonds is 4. The van der Waals surface area contributed by atoms with Crippen LogP contribution < -0.4 is 4.48 Å². The van der Waals surface area contributed by atoms with E-state index in [0.717, 1.165) is 4.48 Å². The lowest BCUT2D eigenvalue weighted by molar-refractivity contribution is -0.402. The number of para-hydroxylation sites is 1. The fraction of sp³-hybridized carbons (Fsp3) is 0.500. The van der Waals surface area contributed by atoms with Crippen molar-refractivity contribution in [2.24, 2.45) is 0 Å². The molecule has 0 aliphatic rings. The van der Waals surface area contributed by atoms with Crippen LogP contribution in [-0.4, -0.2) is 24.7 Å². The second-order valence-electron chi connectivity index (χ2n) is 3.65. The minimum Gasteiger partial charge on any atom is -0.356 e. The van der Waals surface area contributed by atoms with Crippen LogP contribution in [0.3, 0.4) is 0 Å². The zero-order valence-corrected chi connectivity index (χ0v) is 10.6. The highest BCUT2D eigenvalue weighted by Crippen LogP contribution is 2.21. The number of hydrogen-bond acceptors (Lipinski definition) is 3. The molecule has 0 aromatic heterocycles. The van der Waals surface area contributed by atoms with Crippen LogP contribution in [-0.2, 0) is 0 Å². The Bertz CT molecular complexity index is 312. The van der Waals surface area contributed by atoms with Gasteiger partial charge in [-0.3, -0.25) is 4.48 Å². The molecule has 1 aromatic rings. The van der Waals surface area contributed by atoms with E-state index in [1.165, 1.54) is 25.3 Å². The molecule has 96 valence electrons. The summed E-state index contributed by atoms with van der Waals surface area (Å²) < 4.78 is 1.10. The first-order chi connectivity index (χ1) is 8.02. The van der Waals surface area contributed by atoms with Crippen LogP contribution in [0.2, 0.25) is 0 Å². The number of quaternary nitrogens is 1. The molecular formula is C12H20N2O3. The SMILES string of the molecule is CC[N+](CC)(CC)c1ccccc1.O=[N+]([O-])[O-]. The lowest BCUT2D eigenvalue weighted by Crippen LogP contribution is -2.48. The number of hydrogen-bond donors (Lipinski definition) is 0. The first kappa shape index (κ1) is 15.4. The molecule has 0 amide bonds. The Balaban J connectivity index is 0.000000557. The molecule has 17 heavy (non-hydrogen) atoms. The average Bonchev–Trinajstić information content (AvgIpc) is 2.33. The van der Waals surface area contributed by atoms with E-state index in [2.05, 4.69) is 51.1 Å². The van der Waals surface area contributed by atoms with E-state index in [4.69, 9.17) is 15.3 Å². The third kappa shape index (κ3) is 4.82. The van der Waals surface area contributed by atoms with Gasteiger partial charge in [-0.05, 0) is 32.9 Å². The standard InChI is InChI=1S/C12H20N.NO3/c1-4-13(5-2,6-3)12-10-8-7-9-11-12;2-1(3)4/h7-11H,4-6H2,1-3H3;/q+1;-1. The molecule has 0 N–H and O–H groups in total. The Morgan fingerprint density at radius 1 is 1.00 bits per heavy atom. The lowest BCUT2D eigenvalue weighted by atomic mass is 10.2. The van der Waals surface area contributed by atoms with Crippen molar-refractivity contribution in [2.45, 2.75) is 20.8 Å². The van der Waals surface area contributed by atoms with Crippen LogP contribution in [0.4, 0.5) is 5.69 Å². The largest absolute Gasteiger partial charge is 0.356 e. The number of benzene rings is 1. The van der Waals surface area contributed by atoms with Crippen molar-refractivity contribution in [3.8, 4) is 0 Å². The van der Waals surface area contributed by atoms with E-state index in [0.29, 0.717) is 0 Å². The van der Waals surface area contributed by atoms with Crippen molar-refractivity contribution in [1.82, 2.24) is 4.48 Å². The Morgan fingerprint density at radius 2 is 1.35 bits per heavy atom. The maximum absolute atomic E-state index is 8.25. The van der Waals surface area contributed by atoms with Crippen LogP contribution in [0, 0.1) is 15.3 Å². The van der Waals surface area contributed by atoms with Gasteiger partial charge in [0.05, 0.1) is 24.7 Å². The molecule has 1 aromatic carbocycles. The summed E-state index contributed by atoms with van der Waals surface area (Å²) in [6.45, 7) is 10.3. The molecule has 5 nitrogen and oxygen atoms in total. The molecule has 0 radical (unpaired) electrons. The summed E-state index contributed by atoms with van der Waals surface area (Å²) in [6, 6.07) is 10.8. The van der Waals surface area contributed by atoms with Crippen molar-refractivity contribution < 1.29 is 5.09 Å². The van der Waals surface area contributed by atoms with Crippen LogP contribution in [0.5, 0.6) is 0 Å². The second-order valence-corrected chi connectivity index (χ2v) is 3.65. The van der Waals surface area contributed by atoms with Crippen LogP contribution in [0.1, 0.15) is 20.8 Å². The summed E-state index contributed by atoms with van der Waals surface area (Å²) in [5.74, 6) is 0. The van der Waals surface area contributed by atoms with E-state index < -0.39 is 5.09 Å². The minimum atomic E-state index is -1.75. The van der Waals surface area contributed by atoms with Gasteiger partial charge in [-0.25, -0.2) is 0 Å². The molecular weight excluding hydrogens is 220 g/mol. The molecule has 0 saturated carbocycles. The quantitative estimate of drug-likeness (QED) is 0.461. The van der Waals surface area contributed by atoms with Crippen molar-refractivity contribution in [1.29, 1.82) is 0 Å². The fourth-order valence-corrected chi connectivity index (χ4v) is 1.96. The van der Waals surface area contributed by atoms with E-state index in [9.17, 15) is 0 Å². The van der Waals surface area contributed by atoms with Gasteiger partial charge in [0.15, 0.2) is 0 Å².